The van der Waals surface area contributed by atoms with Crippen LogP contribution in [0.4, 0.5) is 13.2 Å². The number of azide groups is 1. The third kappa shape index (κ3) is 4.32. The van der Waals surface area contributed by atoms with E-state index in [1.54, 1.807) is 36.5 Å². The van der Waals surface area contributed by atoms with Crippen molar-refractivity contribution in [1.29, 1.82) is 5.26 Å². The fourth-order valence-corrected chi connectivity index (χ4v) is 2.32. The molecule has 0 saturated heterocycles. The van der Waals surface area contributed by atoms with Crippen molar-refractivity contribution in [1.82, 2.24) is 4.90 Å². The number of carbonyl (C=O) groups is 1. The van der Waals surface area contributed by atoms with E-state index in [4.69, 9.17) is 5.53 Å². The van der Waals surface area contributed by atoms with Crippen molar-refractivity contribution in [3.63, 3.8) is 0 Å². The second kappa shape index (κ2) is 8.05. The molecule has 0 fully saturated rings. The summed E-state index contributed by atoms with van der Waals surface area (Å²) in [5, 5.41) is 12.8. The monoisotopic (exact) mass is 359 g/mol. The molecule has 6 nitrogen and oxygen atoms in total. The topological polar surface area (TPSA) is 92.9 Å². The van der Waals surface area contributed by atoms with Crippen molar-refractivity contribution in [3.8, 4) is 6.19 Å². The molecule has 0 N–H and O–H groups in total. The fourth-order valence-electron chi connectivity index (χ4n) is 2.32. The molecule has 1 amide bonds. The average molecular weight is 359 g/mol. The van der Waals surface area contributed by atoms with E-state index in [0.717, 1.165) is 29.2 Å². The fraction of sp³-hybridized carbons (Fsp3) is 0.176. The highest BCUT2D eigenvalue weighted by atomic mass is 19.4. The summed E-state index contributed by atoms with van der Waals surface area (Å²) in [6.45, 7) is -0.194. The largest absolute Gasteiger partial charge is 0.416 e. The number of benzene rings is 2. The average Bonchev–Trinajstić information content (AvgIpc) is 2.65. The molecule has 0 aliphatic rings. The molecule has 0 aliphatic heterocycles. The molecule has 0 saturated carbocycles. The van der Waals surface area contributed by atoms with Gasteiger partial charge in [-0.15, -0.1) is 0 Å². The summed E-state index contributed by atoms with van der Waals surface area (Å²) in [6, 6.07) is 11.1. The van der Waals surface area contributed by atoms with Crippen LogP contribution in [0.3, 0.4) is 0 Å². The predicted molar refractivity (Wildman–Crippen MR) is 86.4 cm³/mol. The summed E-state index contributed by atoms with van der Waals surface area (Å²) in [5.74, 6) is -0.789. The maximum atomic E-state index is 12.6. The van der Waals surface area contributed by atoms with E-state index in [1.165, 1.54) is 0 Å². The van der Waals surface area contributed by atoms with Gasteiger partial charge in [-0.25, -0.2) is 4.90 Å². The lowest BCUT2D eigenvalue weighted by Crippen LogP contribution is -2.32. The van der Waals surface area contributed by atoms with Crippen LogP contribution < -0.4 is 0 Å². The second-order valence-electron chi connectivity index (χ2n) is 5.19. The van der Waals surface area contributed by atoms with Crippen molar-refractivity contribution in [3.05, 3.63) is 81.7 Å². The van der Waals surface area contributed by atoms with Gasteiger partial charge in [0.15, 0.2) is 6.19 Å². The van der Waals surface area contributed by atoms with Crippen molar-refractivity contribution >= 4 is 5.91 Å². The van der Waals surface area contributed by atoms with Crippen LogP contribution in [0.25, 0.3) is 10.4 Å². The van der Waals surface area contributed by atoms with Gasteiger partial charge in [0.05, 0.1) is 18.2 Å². The third-order valence-electron chi connectivity index (χ3n) is 3.60. The maximum absolute atomic E-state index is 12.6. The first-order chi connectivity index (χ1) is 12.4. The quantitative estimate of drug-likeness (QED) is 0.255. The SMILES string of the molecule is N#CN(C(=O)c1ccc(C(F)(F)F)cc1)C(CN=[N+]=[N-])c1ccccc1. The number of nitrogens with zero attached hydrogens (tertiary/aromatic N) is 5. The molecule has 0 aliphatic carbocycles. The van der Waals surface area contributed by atoms with Crippen LogP contribution in [0, 0.1) is 11.5 Å². The lowest BCUT2D eigenvalue weighted by Gasteiger charge is -2.24. The Hall–Kier alpha value is -3.50. The van der Waals surface area contributed by atoms with Crippen LogP contribution in [0.15, 0.2) is 59.7 Å². The van der Waals surface area contributed by atoms with Gasteiger partial charge in [0.2, 0.25) is 0 Å². The molecule has 2 aromatic rings. The van der Waals surface area contributed by atoms with E-state index >= 15 is 0 Å². The molecule has 1 unspecified atom stereocenters. The van der Waals surface area contributed by atoms with E-state index in [-0.39, 0.29) is 12.1 Å². The van der Waals surface area contributed by atoms with E-state index in [2.05, 4.69) is 10.0 Å². The first-order valence-electron chi connectivity index (χ1n) is 7.35. The molecule has 26 heavy (non-hydrogen) atoms. The van der Waals surface area contributed by atoms with Crippen molar-refractivity contribution in [2.45, 2.75) is 12.2 Å². The Morgan fingerprint density at radius 3 is 2.31 bits per heavy atom. The van der Waals surface area contributed by atoms with Gasteiger partial charge in [0, 0.05) is 10.5 Å². The molecule has 0 spiro atoms. The number of amides is 1. The maximum Gasteiger partial charge on any atom is 0.416 e. The molecule has 132 valence electrons. The van der Waals surface area contributed by atoms with Gasteiger partial charge in [-0.3, -0.25) is 4.79 Å². The van der Waals surface area contributed by atoms with Crippen LogP contribution in [-0.2, 0) is 6.18 Å². The van der Waals surface area contributed by atoms with Crippen LogP contribution in [0.1, 0.15) is 27.5 Å². The lowest BCUT2D eigenvalue weighted by molar-refractivity contribution is -0.137. The summed E-state index contributed by atoms with van der Waals surface area (Å²) >= 11 is 0. The molecule has 0 radical (unpaired) electrons. The van der Waals surface area contributed by atoms with Crippen molar-refractivity contribution in [2.24, 2.45) is 5.11 Å². The standard InChI is InChI=1S/C17H12F3N5O/c18-17(19,20)14-8-6-13(7-9-14)16(26)25(11-21)15(10-23-24-22)12-4-2-1-3-5-12/h1-9,15H,10H2. The lowest BCUT2D eigenvalue weighted by atomic mass is 10.0. The highest BCUT2D eigenvalue weighted by molar-refractivity contribution is 5.95. The molecule has 2 rings (SSSR count). The molecular weight excluding hydrogens is 347 g/mol. The van der Waals surface area contributed by atoms with Gasteiger partial charge in [0.25, 0.3) is 5.91 Å². The molecular formula is C17H12F3N5O. The zero-order chi connectivity index (χ0) is 19.2. The van der Waals surface area contributed by atoms with Gasteiger partial charge in [-0.1, -0.05) is 35.4 Å². The number of rotatable bonds is 5. The van der Waals surface area contributed by atoms with Crippen LogP contribution in [-0.4, -0.2) is 17.4 Å². The Balaban J connectivity index is 2.36. The zero-order valence-electron chi connectivity index (χ0n) is 13.3. The van der Waals surface area contributed by atoms with E-state index in [0.29, 0.717) is 5.56 Å². The zero-order valence-corrected chi connectivity index (χ0v) is 13.3. The van der Waals surface area contributed by atoms with Crippen molar-refractivity contribution in [2.75, 3.05) is 6.54 Å². The van der Waals surface area contributed by atoms with E-state index < -0.39 is 23.7 Å². The van der Waals surface area contributed by atoms with Gasteiger partial charge in [-0.05, 0) is 35.4 Å². The highest BCUT2D eigenvalue weighted by Crippen LogP contribution is 2.30. The predicted octanol–water partition coefficient (Wildman–Crippen LogP) is 4.68. The van der Waals surface area contributed by atoms with Crippen LogP contribution >= 0.6 is 0 Å². The van der Waals surface area contributed by atoms with Crippen LogP contribution in [0.2, 0.25) is 0 Å². The Labute approximate surface area is 146 Å². The van der Waals surface area contributed by atoms with E-state index in [1.807, 2.05) is 0 Å². The van der Waals surface area contributed by atoms with Crippen LogP contribution in [0.5, 0.6) is 0 Å². The summed E-state index contributed by atoms with van der Waals surface area (Å²) in [5.41, 5.74) is 8.12. The molecule has 1 atom stereocenters. The summed E-state index contributed by atoms with van der Waals surface area (Å²) < 4.78 is 37.9. The van der Waals surface area contributed by atoms with Gasteiger partial charge in [-0.2, -0.15) is 18.4 Å². The van der Waals surface area contributed by atoms with Gasteiger partial charge >= 0.3 is 6.18 Å². The number of hydrogen-bond acceptors (Lipinski definition) is 3. The molecule has 0 aromatic heterocycles. The third-order valence-corrected chi connectivity index (χ3v) is 3.60. The van der Waals surface area contributed by atoms with Gasteiger partial charge in [0.1, 0.15) is 0 Å². The second-order valence-corrected chi connectivity index (χ2v) is 5.19. The summed E-state index contributed by atoms with van der Waals surface area (Å²) in [4.78, 5) is 16.0. The number of hydrogen-bond donors (Lipinski definition) is 0. The number of halogens is 3. The first kappa shape index (κ1) is 18.8. The Kier molecular flexibility index (Phi) is 5.83. The Morgan fingerprint density at radius 1 is 1.19 bits per heavy atom. The van der Waals surface area contributed by atoms with Crippen molar-refractivity contribution < 1.29 is 18.0 Å². The molecule has 9 heteroatoms. The smallest absolute Gasteiger partial charge is 0.268 e. The Morgan fingerprint density at radius 2 is 1.81 bits per heavy atom. The first-order valence-corrected chi connectivity index (χ1v) is 7.35. The number of carbonyl (C=O) groups excluding carboxylic acids is 1. The minimum absolute atomic E-state index is 0.0820. The number of nitriles is 1. The minimum atomic E-state index is -4.52. The number of alkyl halides is 3. The molecule has 0 heterocycles. The molecule has 2 aromatic carbocycles. The molecule has 0 bridgehead atoms. The highest BCUT2D eigenvalue weighted by Gasteiger charge is 2.31. The normalized spacial score (nSPS) is 11.8. The van der Waals surface area contributed by atoms with E-state index in [9.17, 15) is 23.2 Å². The Bertz CT molecular complexity index is 853. The minimum Gasteiger partial charge on any atom is -0.268 e. The summed E-state index contributed by atoms with van der Waals surface area (Å²) in [6.07, 6.45) is -2.79. The summed E-state index contributed by atoms with van der Waals surface area (Å²) in [7, 11) is 0. The van der Waals surface area contributed by atoms with Gasteiger partial charge < -0.3 is 0 Å².